The first-order chi connectivity index (χ1) is 8.84. The van der Waals surface area contributed by atoms with Crippen molar-refractivity contribution < 1.29 is 4.39 Å². The average molecular weight is 246 g/mol. The number of aromatic nitrogens is 3. The lowest BCUT2D eigenvalue weighted by Crippen LogP contribution is -2.28. The normalized spacial score (nSPS) is 16.9. The Bertz CT molecular complexity index is 531. The molecule has 0 atom stereocenters. The summed E-state index contributed by atoms with van der Waals surface area (Å²) in [4.78, 5) is 0. The fourth-order valence-electron chi connectivity index (χ4n) is 2.43. The first kappa shape index (κ1) is 11.3. The Morgan fingerprint density at radius 3 is 2.89 bits per heavy atom. The van der Waals surface area contributed by atoms with Gasteiger partial charge in [-0.15, -0.1) is 10.2 Å². The lowest BCUT2D eigenvalue weighted by Gasteiger charge is -2.22. The Morgan fingerprint density at radius 2 is 2.11 bits per heavy atom. The van der Waals surface area contributed by atoms with E-state index >= 15 is 0 Å². The summed E-state index contributed by atoms with van der Waals surface area (Å²) < 4.78 is 15.2. The molecule has 1 saturated heterocycles. The van der Waals surface area contributed by atoms with Crippen molar-refractivity contribution in [1.29, 1.82) is 0 Å². The molecular weight excluding hydrogens is 231 g/mol. The highest BCUT2D eigenvalue weighted by Gasteiger charge is 2.21. The molecule has 1 aromatic carbocycles. The van der Waals surface area contributed by atoms with Crippen molar-refractivity contribution >= 4 is 0 Å². The number of rotatable bonds is 2. The Morgan fingerprint density at radius 1 is 1.28 bits per heavy atom. The van der Waals surface area contributed by atoms with Crippen LogP contribution in [0.5, 0.6) is 0 Å². The van der Waals surface area contributed by atoms with E-state index in [1.165, 1.54) is 12.1 Å². The minimum absolute atomic E-state index is 0.238. The average Bonchev–Trinajstić information content (AvgIpc) is 2.89. The van der Waals surface area contributed by atoms with Crippen LogP contribution < -0.4 is 5.32 Å². The number of hydrogen-bond donors (Lipinski definition) is 1. The van der Waals surface area contributed by atoms with Gasteiger partial charge >= 0.3 is 0 Å². The zero-order valence-corrected chi connectivity index (χ0v) is 10.0. The fraction of sp³-hybridized carbons (Fsp3) is 0.385. The first-order valence-electron chi connectivity index (χ1n) is 6.21. The maximum atomic E-state index is 13.3. The standard InChI is InChI=1S/C13H15FN4/c14-11-2-1-3-12(8-11)18-9-16-17-13(18)10-4-6-15-7-5-10/h1-3,8-10,15H,4-7H2. The molecule has 1 aromatic heterocycles. The van der Waals surface area contributed by atoms with E-state index in [2.05, 4.69) is 15.5 Å². The van der Waals surface area contributed by atoms with E-state index in [0.29, 0.717) is 5.92 Å². The summed E-state index contributed by atoms with van der Waals surface area (Å²) in [6.07, 6.45) is 3.76. The Labute approximate surface area is 105 Å². The second kappa shape index (κ2) is 4.86. The van der Waals surface area contributed by atoms with Gasteiger partial charge in [0, 0.05) is 5.92 Å². The third kappa shape index (κ3) is 2.13. The van der Waals surface area contributed by atoms with Crippen LogP contribution in [0.2, 0.25) is 0 Å². The van der Waals surface area contributed by atoms with Crippen LogP contribution >= 0.6 is 0 Å². The molecule has 2 aromatic rings. The molecule has 0 amide bonds. The van der Waals surface area contributed by atoms with E-state index in [1.807, 2.05) is 10.6 Å². The minimum Gasteiger partial charge on any atom is -0.317 e. The molecule has 1 aliphatic heterocycles. The lowest BCUT2D eigenvalue weighted by molar-refractivity contribution is 0.440. The Hall–Kier alpha value is -1.75. The maximum absolute atomic E-state index is 13.3. The van der Waals surface area contributed by atoms with Crippen molar-refractivity contribution in [3.8, 4) is 5.69 Å². The van der Waals surface area contributed by atoms with Crippen molar-refractivity contribution in [2.24, 2.45) is 0 Å². The molecule has 0 radical (unpaired) electrons. The van der Waals surface area contributed by atoms with Gasteiger partial charge < -0.3 is 5.32 Å². The highest BCUT2D eigenvalue weighted by Crippen LogP contribution is 2.25. The van der Waals surface area contributed by atoms with Gasteiger partial charge in [-0.3, -0.25) is 4.57 Å². The number of hydrogen-bond acceptors (Lipinski definition) is 3. The summed E-state index contributed by atoms with van der Waals surface area (Å²) in [6.45, 7) is 2.00. The molecule has 4 nitrogen and oxygen atoms in total. The molecule has 2 heterocycles. The smallest absolute Gasteiger partial charge is 0.140 e. The third-order valence-electron chi connectivity index (χ3n) is 3.36. The summed E-state index contributed by atoms with van der Waals surface area (Å²) in [6, 6.07) is 6.53. The summed E-state index contributed by atoms with van der Waals surface area (Å²) in [7, 11) is 0. The van der Waals surface area contributed by atoms with Crippen molar-refractivity contribution in [1.82, 2.24) is 20.1 Å². The van der Waals surface area contributed by atoms with Crippen LogP contribution in [0.25, 0.3) is 5.69 Å². The SMILES string of the molecule is Fc1cccc(-n2cnnc2C2CCNCC2)c1. The fourth-order valence-corrected chi connectivity index (χ4v) is 2.43. The third-order valence-corrected chi connectivity index (χ3v) is 3.36. The van der Waals surface area contributed by atoms with Crippen LogP contribution in [-0.2, 0) is 0 Å². The molecule has 94 valence electrons. The molecule has 0 aliphatic carbocycles. The van der Waals surface area contributed by atoms with Gasteiger partial charge in [0.25, 0.3) is 0 Å². The van der Waals surface area contributed by atoms with Gasteiger partial charge in [0.2, 0.25) is 0 Å². The highest BCUT2D eigenvalue weighted by atomic mass is 19.1. The van der Waals surface area contributed by atoms with Crippen molar-refractivity contribution in [3.05, 3.63) is 42.2 Å². The molecule has 1 fully saturated rings. The monoisotopic (exact) mass is 246 g/mol. The molecule has 0 spiro atoms. The number of benzene rings is 1. The molecule has 5 heteroatoms. The lowest BCUT2D eigenvalue weighted by atomic mass is 9.97. The topological polar surface area (TPSA) is 42.7 Å². The van der Waals surface area contributed by atoms with Gasteiger partial charge in [0.1, 0.15) is 18.0 Å². The van der Waals surface area contributed by atoms with Gasteiger partial charge in [0.05, 0.1) is 5.69 Å². The molecule has 18 heavy (non-hydrogen) atoms. The molecule has 0 unspecified atom stereocenters. The van der Waals surface area contributed by atoms with Crippen LogP contribution in [-0.4, -0.2) is 27.9 Å². The first-order valence-corrected chi connectivity index (χ1v) is 6.21. The summed E-state index contributed by atoms with van der Waals surface area (Å²) >= 11 is 0. The van der Waals surface area contributed by atoms with E-state index in [0.717, 1.165) is 37.4 Å². The van der Waals surface area contributed by atoms with Gasteiger partial charge in [0.15, 0.2) is 0 Å². The number of halogens is 1. The predicted molar refractivity (Wildman–Crippen MR) is 66.2 cm³/mol. The highest BCUT2D eigenvalue weighted by molar-refractivity contribution is 5.33. The van der Waals surface area contributed by atoms with Gasteiger partial charge in [-0.25, -0.2) is 4.39 Å². The number of piperidine rings is 1. The predicted octanol–water partition coefficient (Wildman–Crippen LogP) is 1.87. The minimum atomic E-state index is -0.238. The summed E-state index contributed by atoms with van der Waals surface area (Å²) in [5.74, 6) is 1.09. The largest absolute Gasteiger partial charge is 0.317 e. The number of nitrogens with one attached hydrogen (secondary N) is 1. The second-order valence-corrected chi connectivity index (χ2v) is 4.56. The van der Waals surface area contributed by atoms with Crippen LogP contribution in [0.4, 0.5) is 4.39 Å². The van der Waals surface area contributed by atoms with Crippen LogP contribution in [0, 0.1) is 5.82 Å². The summed E-state index contributed by atoms with van der Waals surface area (Å²) in [5, 5.41) is 11.5. The van der Waals surface area contributed by atoms with Gasteiger partial charge in [-0.2, -0.15) is 0 Å². The van der Waals surface area contributed by atoms with E-state index in [9.17, 15) is 4.39 Å². The van der Waals surface area contributed by atoms with E-state index in [1.54, 1.807) is 12.4 Å². The molecule has 1 N–H and O–H groups in total. The Balaban J connectivity index is 1.95. The zero-order valence-electron chi connectivity index (χ0n) is 10.0. The molecule has 1 aliphatic rings. The van der Waals surface area contributed by atoms with Gasteiger partial charge in [-0.1, -0.05) is 6.07 Å². The molecular formula is C13H15FN4. The van der Waals surface area contributed by atoms with Crippen molar-refractivity contribution in [3.63, 3.8) is 0 Å². The maximum Gasteiger partial charge on any atom is 0.140 e. The van der Waals surface area contributed by atoms with E-state index < -0.39 is 0 Å². The van der Waals surface area contributed by atoms with Crippen LogP contribution in [0.1, 0.15) is 24.6 Å². The quantitative estimate of drug-likeness (QED) is 0.879. The molecule has 3 rings (SSSR count). The van der Waals surface area contributed by atoms with Crippen molar-refractivity contribution in [2.45, 2.75) is 18.8 Å². The van der Waals surface area contributed by atoms with Crippen LogP contribution in [0.3, 0.4) is 0 Å². The van der Waals surface area contributed by atoms with Gasteiger partial charge in [-0.05, 0) is 44.1 Å². The second-order valence-electron chi connectivity index (χ2n) is 4.56. The summed E-state index contributed by atoms with van der Waals surface area (Å²) in [5.41, 5.74) is 0.786. The molecule has 0 bridgehead atoms. The molecule has 0 saturated carbocycles. The van der Waals surface area contributed by atoms with E-state index in [-0.39, 0.29) is 5.82 Å². The van der Waals surface area contributed by atoms with Crippen molar-refractivity contribution in [2.75, 3.05) is 13.1 Å². The zero-order chi connectivity index (χ0) is 12.4. The number of nitrogens with zero attached hydrogens (tertiary/aromatic N) is 3. The van der Waals surface area contributed by atoms with Crippen LogP contribution in [0.15, 0.2) is 30.6 Å². The van der Waals surface area contributed by atoms with E-state index in [4.69, 9.17) is 0 Å². The Kier molecular flexibility index (Phi) is 3.06.